The molecule has 2 N–H and O–H groups in total. The minimum absolute atomic E-state index is 0.160. The summed E-state index contributed by atoms with van der Waals surface area (Å²) in [4.78, 5) is 10.7. The second kappa shape index (κ2) is 4.89. The molecule has 0 unspecified atom stereocenters. The van der Waals surface area contributed by atoms with E-state index in [1.807, 2.05) is 0 Å². The third-order valence-electron chi connectivity index (χ3n) is 1.95. The van der Waals surface area contributed by atoms with Crippen LogP contribution in [-0.4, -0.2) is 25.2 Å². The maximum Gasteiger partial charge on any atom is 0.340 e. The van der Waals surface area contributed by atoms with E-state index in [1.165, 1.54) is 6.92 Å². The fraction of sp³-hybridized carbons (Fsp3) is 0.222. The zero-order valence-electron chi connectivity index (χ0n) is 8.70. The first-order valence-corrected chi connectivity index (χ1v) is 6.53. The van der Waals surface area contributed by atoms with Crippen LogP contribution in [0.2, 0.25) is 5.02 Å². The second-order valence-electron chi connectivity index (χ2n) is 3.09. The minimum atomic E-state index is -3.60. The van der Waals surface area contributed by atoms with E-state index in [0.717, 1.165) is 12.1 Å². The van der Waals surface area contributed by atoms with Crippen molar-refractivity contribution in [2.24, 2.45) is 0 Å². The van der Waals surface area contributed by atoms with Gasteiger partial charge in [0.1, 0.15) is 11.4 Å². The van der Waals surface area contributed by atoms with Gasteiger partial charge in [0.25, 0.3) is 0 Å². The van der Waals surface area contributed by atoms with Gasteiger partial charge < -0.3 is 5.11 Å². The van der Waals surface area contributed by atoms with Crippen LogP contribution in [-0.2, 0) is 10.0 Å². The number of carboxylic acid groups (broad SMARTS) is 1. The third-order valence-corrected chi connectivity index (χ3v) is 3.63. The zero-order valence-corrected chi connectivity index (χ0v) is 10.3. The van der Waals surface area contributed by atoms with Crippen LogP contribution in [0.1, 0.15) is 17.3 Å². The maximum atomic E-state index is 13.2. The number of sulfonamides is 1. The first-order valence-electron chi connectivity index (χ1n) is 4.50. The molecule has 0 atom stereocenters. The summed E-state index contributed by atoms with van der Waals surface area (Å²) in [7, 11) is -3.60. The van der Waals surface area contributed by atoms with Gasteiger partial charge in [0.2, 0.25) is 10.0 Å². The van der Waals surface area contributed by atoms with Gasteiger partial charge in [-0.25, -0.2) is 17.6 Å². The van der Waals surface area contributed by atoms with Gasteiger partial charge in [0.15, 0.2) is 0 Å². The molecule has 1 aromatic rings. The number of carboxylic acids is 1. The van der Waals surface area contributed by atoms with E-state index < -0.39 is 32.4 Å². The number of benzene rings is 1. The molecule has 0 heterocycles. The molecule has 0 radical (unpaired) electrons. The predicted molar refractivity (Wildman–Crippen MR) is 61.5 cm³/mol. The molecule has 8 heteroatoms. The van der Waals surface area contributed by atoms with Crippen LogP contribution in [0.15, 0.2) is 12.1 Å². The van der Waals surface area contributed by atoms with Gasteiger partial charge in [-0.1, -0.05) is 11.6 Å². The lowest BCUT2D eigenvalue weighted by Crippen LogP contribution is -2.16. The molecule has 0 bridgehead atoms. The molecular formula is C9H9ClFNO4S. The topological polar surface area (TPSA) is 83.5 Å². The number of hydrogen-bond donors (Lipinski definition) is 2. The fourth-order valence-electron chi connectivity index (χ4n) is 1.07. The van der Waals surface area contributed by atoms with Crippen LogP contribution in [0.25, 0.3) is 0 Å². The zero-order chi connectivity index (χ0) is 13.2. The van der Waals surface area contributed by atoms with Crippen LogP contribution in [0.5, 0.6) is 0 Å². The lowest BCUT2D eigenvalue weighted by atomic mass is 10.2. The standard InChI is InChI=1S/C9H9ClFNO4S/c1-2-17(15,16)12-6-4-3-5(11)7(8(6)10)9(13)14/h3-4,12H,2H2,1H3,(H,13,14). The van der Waals surface area contributed by atoms with Crippen molar-refractivity contribution in [1.82, 2.24) is 0 Å². The van der Waals surface area contributed by atoms with E-state index in [0.29, 0.717) is 0 Å². The molecule has 5 nitrogen and oxygen atoms in total. The summed E-state index contributed by atoms with van der Waals surface area (Å²) in [5, 5.41) is 8.25. The van der Waals surface area contributed by atoms with Crippen molar-refractivity contribution >= 4 is 33.3 Å². The quantitative estimate of drug-likeness (QED) is 0.883. The maximum absolute atomic E-state index is 13.2. The summed E-state index contributed by atoms with van der Waals surface area (Å²) in [6.45, 7) is 1.40. The highest BCUT2D eigenvalue weighted by Crippen LogP contribution is 2.29. The van der Waals surface area contributed by atoms with Crippen molar-refractivity contribution in [3.63, 3.8) is 0 Å². The highest BCUT2D eigenvalue weighted by molar-refractivity contribution is 7.92. The van der Waals surface area contributed by atoms with Crippen molar-refractivity contribution in [2.75, 3.05) is 10.5 Å². The van der Waals surface area contributed by atoms with Crippen molar-refractivity contribution < 1.29 is 22.7 Å². The fourth-order valence-corrected chi connectivity index (χ4v) is 2.05. The lowest BCUT2D eigenvalue weighted by Gasteiger charge is -2.10. The molecule has 0 saturated carbocycles. The highest BCUT2D eigenvalue weighted by Gasteiger charge is 2.20. The summed E-state index contributed by atoms with van der Waals surface area (Å²) in [6, 6.07) is 1.90. The monoisotopic (exact) mass is 281 g/mol. The number of carbonyl (C=O) groups is 1. The number of anilines is 1. The smallest absolute Gasteiger partial charge is 0.340 e. The molecule has 0 amide bonds. The number of aromatic carboxylic acids is 1. The Morgan fingerprint density at radius 2 is 2.12 bits per heavy atom. The SMILES string of the molecule is CCS(=O)(=O)Nc1ccc(F)c(C(=O)O)c1Cl. The van der Waals surface area contributed by atoms with Crippen LogP contribution < -0.4 is 4.72 Å². The minimum Gasteiger partial charge on any atom is -0.478 e. The Balaban J connectivity index is 3.30. The van der Waals surface area contributed by atoms with E-state index in [2.05, 4.69) is 4.72 Å². The van der Waals surface area contributed by atoms with Gasteiger partial charge in [0, 0.05) is 0 Å². The third kappa shape index (κ3) is 3.07. The molecule has 94 valence electrons. The van der Waals surface area contributed by atoms with Crippen LogP contribution >= 0.6 is 11.6 Å². The van der Waals surface area contributed by atoms with E-state index >= 15 is 0 Å². The van der Waals surface area contributed by atoms with Gasteiger partial charge >= 0.3 is 5.97 Å². The average Bonchev–Trinajstić information content (AvgIpc) is 2.22. The van der Waals surface area contributed by atoms with E-state index in [4.69, 9.17) is 16.7 Å². The van der Waals surface area contributed by atoms with E-state index in [1.54, 1.807) is 0 Å². The molecular weight excluding hydrogens is 273 g/mol. The number of hydrogen-bond acceptors (Lipinski definition) is 3. The van der Waals surface area contributed by atoms with Gasteiger partial charge in [-0.15, -0.1) is 0 Å². The Hall–Kier alpha value is -1.34. The van der Waals surface area contributed by atoms with Crippen molar-refractivity contribution in [3.05, 3.63) is 28.5 Å². The Bertz CT molecular complexity index is 558. The molecule has 0 aliphatic rings. The molecule has 0 aliphatic carbocycles. The van der Waals surface area contributed by atoms with Crippen LogP contribution in [0.4, 0.5) is 10.1 Å². The highest BCUT2D eigenvalue weighted by atomic mass is 35.5. The first-order chi connectivity index (χ1) is 7.78. The van der Waals surface area contributed by atoms with Crippen molar-refractivity contribution in [2.45, 2.75) is 6.92 Å². The van der Waals surface area contributed by atoms with Crippen LogP contribution in [0.3, 0.4) is 0 Å². The number of rotatable bonds is 4. The molecule has 17 heavy (non-hydrogen) atoms. The molecule has 1 rings (SSSR count). The van der Waals surface area contributed by atoms with Gasteiger partial charge in [-0.3, -0.25) is 4.72 Å². The largest absolute Gasteiger partial charge is 0.478 e. The summed E-state index contributed by atoms with van der Waals surface area (Å²) in [5.41, 5.74) is -0.921. The Morgan fingerprint density at radius 1 is 1.53 bits per heavy atom. The normalized spacial score (nSPS) is 11.2. The Morgan fingerprint density at radius 3 is 2.59 bits per heavy atom. The summed E-state index contributed by atoms with van der Waals surface area (Å²) < 4.78 is 37.8. The Kier molecular flexibility index (Phi) is 3.94. The molecule has 0 aromatic heterocycles. The number of halogens is 2. The number of nitrogens with one attached hydrogen (secondary N) is 1. The lowest BCUT2D eigenvalue weighted by molar-refractivity contribution is 0.0692. The molecule has 1 aromatic carbocycles. The van der Waals surface area contributed by atoms with Crippen molar-refractivity contribution in [3.8, 4) is 0 Å². The predicted octanol–water partition coefficient (Wildman–Crippen LogP) is 1.94. The Labute approximate surface area is 102 Å². The summed E-state index contributed by atoms with van der Waals surface area (Å²) in [6.07, 6.45) is 0. The summed E-state index contributed by atoms with van der Waals surface area (Å²) in [5.74, 6) is -2.80. The molecule has 0 spiro atoms. The second-order valence-corrected chi connectivity index (χ2v) is 5.48. The van der Waals surface area contributed by atoms with E-state index in [9.17, 15) is 17.6 Å². The van der Waals surface area contributed by atoms with Gasteiger partial charge in [-0.2, -0.15) is 0 Å². The molecule has 0 saturated heterocycles. The van der Waals surface area contributed by atoms with E-state index in [-0.39, 0.29) is 11.4 Å². The molecule has 0 fully saturated rings. The first kappa shape index (κ1) is 13.7. The van der Waals surface area contributed by atoms with Crippen molar-refractivity contribution in [1.29, 1.82) is 0 Å². The average molecular weight is 282 g/mol. The van der Waals surface area contributed by atoms with Gasteiger partial charge in [0.05, 0.1) is 16.5 Å². The molecule has 0 aliphatic heterocycles. The summed E-state index contributed by atoms with van der Waals surface area (Å²) >= 11 is 5.62. The van der Waals surface area contributed by atoms with Gasteiger partial charge in [-0.05, 0) is 19.1 Å². The van der Waals surface area contributed by atoms with Crippen LogP contribution in [0, 0.1) is 5.82 Å².